The summed E-state index contributed by atoms with van der Waals surface area (Å²) in [7, 11) is 1.37. The molecule has 0 fully saturated rings. The molecule has 5 nitrogen and oxygen atoms in total. The van der Waals surface area contributed by atoms with E-state index in [2.05, 4.69) is 47.7 Å². The number of methoxy groups -OCH3 is 1. The number of aromatic nitrogens is 3. The van der Waals surface area contributed by atoms with Crippen molar-refractivity contribution in [2.75, 3.05) is 7.11 Å². The molecule has 0 N–H and O–H groups in total. The number of rotatable bonds is 5. The third-order valence-corrected chi connectivity index (χ3v) is 5.32. The summed E-state index contributed by atoms with van der Waals surface area (Å²) in [6.45, 7) is 12.4. The lowest BCUT2D eigenvalue weighted by Crippen LogP contribution is -2.02. The minimum atomic E-state index is -0.402. The summed E-state index contributed by atoms with van der Waals surface area (Å²) in [5.74, 6) is 1.02. The number of carbonyl (C=O) groups is 1. The largest absolute Gasteiger partial charge is 0.465 e. The van der Waals surface area contributed by atoms with Crippen molar-refractivity contribution >= 4 is 12.0 Å². The molecule has 0 saturated carbocycles. The average Bonchev–Trinajstić information content (AvgIpc) is 3.16. The van der Waals surface area contributed by atoms with Crippen LogP contribution < -0.4 is 0 Å². The Kier molecular flexibility index (Phi) is 5.16. The first-order valence-electron chi connectivity index (χ1n) is 9.19. The third kappa shape index (κ3) is 3.02. The van der Waals surface area contributed by atoms with Crippen molar-refractivity contribution in [1.29, 1.82) is 0 Å². The lowest BCUT2D eigenvalue weighted by molar-refractivity contribution is -0.135. The predicted molar refractivity (Wildman–Crippen MR) is 104 cm³/mol. The van der Waals surface area contributed by atoms with Gasteiger partial charge in [-0.2, -0.15) is 0 Å². The number of hydrogen-bond acceptors (Lipinski definition) is 3. The zero-order chi connectivity index (χ0) is 18.8. The third-order valence-electron chi connectivity index (χ3n) is 5.32. The Morgan fingerprint density at radius 2 is 2.23 bits per heavy atom. The van der Waals surface area contributed by atoms with E-state index < -0.39 is 5.97 Å². The number of aryl methyl sites for hydroxylation is 1. The number of carbonyl (C=O) groups excluding carboxylic acids is 1. The van der Waals surface area contributed by atoms with Crippen LogP contribution in [0.4, 0.5) is 0 Å². The molecule has 0 bridgehead atoms. The van der Waals surface area contributed by atoms with E-state index in [0.717, 1.165) is 37.3 Å². The lowest BCUT2D eigenvalue weighted by Gasteiger charge is -2.13. The van der Waals surface area contributed by atoms with Crippen molar-refractivity contribution in [1.82, 2.24) is 14.1 Å². The molecule has 0 aliphatic carbocycles. The van der Waals surface area contributed by atoms with Gasteiger partial charge in [0.25, 0.3) is 0 Å². The Bertz CT molecular complexity index is 870. The first-order chi connectivity index (χ1) is 12.5. The maximum Gasteiger partial charge on any atom is 0.337 e. The number of esters is 1. The van der Waals surface area contributed by atoms with Crippen LogP contribution in [0.15, 0.2) is 30.6 Å². The van der Waals surface area contributed by atoms with Gasteiger partial charge in [0.15, 0.2) is 5.82 Å². The van der Waals surface area contributed by atoms with Gasteiger partial charge < -0.3 is 13.9 Å². The summed E-state index contributed by atoms with van der Waals surface area (Å²) >= 11 is 0. The second-order valence-electron chi connectivity index (χ2n) is 6.87. The molecule has 2 aromatic rings. The second-order valence-corrected chi connectivity index (χ2v) is 6.87. The monoisotopic (exact) mass is 353 g/mol. The quantitative estimate of drug-likeness (QED) is 0.457. The van der Waals surface area contributed by atoms with E-state index in [0.29, 0.717) is 11.5 Å². The molecule has 3 rings (SSSR count). The molecule has 0 spiro atoms. The van der Waals surface area contributed by atoms with Crippen molar-refractivity contribution in [2.24, 2.45) is 0 Å². The number of hydrogen-bond donors (Lipinski definition) is 0. The van der Waals surface area contributed by atoms with E-state index >= 15 is 0 Å². The molecule has 1 atom stereocenters. The lowest BCUT2D eigenvalue weighted by atomic mass is 9.93. The van der Waals surface area contributed by atoms with Crippen LogP contribution in [0.3, 0.4) is 0 Å². The molecule has 26 heavy (non-hydrogen) atoms. The number of nitrogens with zero attached hydrogens (tertiary/aromatic N) is 3. The molecule has 3 heterocycles. The van der Waals surface area contributed by atoms with Gasteiger partial charge in [-0.1, -0.05) is 26.5 Å². The summed E-state index contributed by atoms with van der Waals surface area (Å²) in [5.41, 5.74) is 5.23. The van der Waals surface area contributed by atoms with Crippen LogP contribution in [0.2, 0.25) is 0 Å². The highest BCUT2D eigenvalue weighted by Crippen LogP contribution is 2.39. The molecule has 1 aliphatic heterocycles. The van der Waals surface area contributed by atoms with Gasteiger partial charge in [-0.3, -0.25) is 0 Å². The fourth-order valence-electron chi connectivity index (χ4n) is 3.70. The van der Waals surface area contributed by atoms with Gasteiger partial charge in [0, 0.05) is 31.2 Å². The van der Waals surface area contributed by atoms with Gasteiger partial charge >= 0.3 is 5.97 Å². The van der Waals surface area contributed by atoms with Crippen molar-refractivity contribution in [3.63, 3.8) is 0 Å². The number of imidazole rings is 1. The van der Waals surface area contributed by atoms with E-state index in [-0.39, 0.29) is 0 Å². The van der Waals surface area contributed by atoms with Crippen molar-refractivity contribution in [3.8, 4) is 11.5 Å². The van der Waals surface area contributed by atoms with Crippen LogP contribution in [0.25, 0.3) is 17.6 Å². The number of ether oxygens (including phenoxy) is 1. The molecule has 5 heteroatoms. The Hall–Kier alpha value is -2.56. The Balaban J connectivity index is 2.18. The highest BCUT2D eigenvalue weighted by atomic mass is 16.5. The van der Waals surface area contributed by atoms with Crippen LogP contribution in [0.5, 0.6) is 0 Å². The standard InChI is InChI=1S/C21H27N3O2/c1-6-14(2)18-17(9-8-15(3)21(25)26-5)16(4)24-12-7-11-23-13-10-22-20(23)19(18)24/h8-10,13-14H,3,6-7,11-12H2,1-2,4-5H3/b9-8-. The van der Waals surface area contributed by atoms with Crippen molar-refractivity contribution in [3.05, 3.63) is 47.4 Å². The fourth-order valence-corrected chi connectivity index (χ4v) is 3.70. The molecule has 0 radical (unpaired) electrons. The van der Waals surface area contributed by atoms with E-state index in [1.165, 1.54) is 24.1 Å². The van der Waals surface area contributed by atoms with Crippen molar-refractivity contribution in [2.45, 2.75) is 52.6 Å². The summed E-state index contributed by atoms with van der Waals surface area (Å²) in [6.07, 6.45) is 9.81. The van der Waals surface area contributed by atoms with E-state index in [1.54, 1.807) is 6.08 Å². The smallest absolute Gasteiger partial charge is 0.337 e. The van der Waals surface area contributed by atoms with Gasteiger partial charge in [-0.05, 0) is 42.9 Å². The first kappa shape index (κ1) is 18.2. The maximum atomic E-state index is 11.7. The van der Waals surface area contributed by atoms with Gasteiger partial charge in [0.2, 0.25) is 0 Å². The zero-order valence-electron chi connectivity index (χ0n) is 16.1. The minimum absolute atomic E-state index is 0.352. The van der Waals surface area contributed by atoms with Crippen molar-refractivity contribution < 1.29 is 9.53 Å². The Morgan fingerprint density at radius 3 is 2.92 bits per heavy atom. The van der Waals surface area contributed by atoms with Crippen LogP contribution in [-0.2, 0) is 22.6 Å². The van der Waals surface area contributed by atoms with Crippen LogP contribution in [-0.4, -0.2) is 27.2 Å². The van der Waals surface area contributed by atoms with Crippen LogP contribution >= 0.6 is 0 Å². The maximum absolute atomic E-state index is 11.7. The van der Waals surface area contributed by atoms with E-state index in [9.17, 15) is 4.79 Å². The molecule has 1 aliphatic rings. The summed E-state index contributed by atoms with van der Waals surface area (Å²) in [6, 6.07) is 0. The van der Waals surface area contributed by atoms with E-state index in [1.807, 2.05) is 12.3 Å². The molecule has 2 aromatic heterocycles. The molecule has 0 amide bonds. The van der Waals surface area contributed by atoms with Gasteiger partial charge in [0.05, 0.1) is 18.4 Å². The normalized spacial score (nSPS) is 14.6. The summed E-state index contributed by atoms with van der Waals surface area (Å²) in [4.78, 5) is 16.3. The summed E-state index contributed by atoms with van der Waals surface area (Å²) in [5, 5.41) is 0. The SMILES string of the molecule is C=C(/C=C\c1c(C(C)CC)c2n(c1C)CCCn1ccnc1-2)C(=O)OC. The average molecular weight is 353 g/mol. The molecule has 1 unspecified atom stereocenters. The minimum Gasteiger partial charge on any atom is -0.465 e. The van der Waals surface area contributed by atoms with Gasteiger partial charge in [-0.15, -0.1) is 0 Å². The fraction of sp³-hybridized carbons (Fsp3) is 0.429. The first-order valence-corrected chi connectivity index (χ1v) is 9.19. The predicted octanol–water partition coefficient (Wildman–Crippen LogP) is 4.32. The van der Waals surface area contributed by atoms with E-state index in [4.69, 9.17) is 4.74 Å². The Labute approximate surface area is 155 Å². The highest BCUT2D eigenvalue weighted by molar-refractivity contribution is 5.92. The molecule has 138 valence electrons. The summed E-state index contributed by atoms with van der Waals surface area (Å²) < 4.78 is 9.38. The van der Waals surface area contributed by atoms with Gasteiger partial charge in [0.1, 0.15) is 0 Å². The van der Waals surface area contributed by atoms with Crippen LogP contribution in [0.1, 0.15) is 49.4 Å². The number of fused-ring (bicyclic) bond motifs is 3. The van der Waals surface area contributed by atoms with Gasteiger partial charge in [-0.25, -0.2) is 9.78 Å². The highest BCUT2D eigenvalue weighted by Gasteiger charge is 2.27. The second kappa shape index (κ2) is 7.36. The zero-order valence-corrected chi connectivity index (χ0v) is 16.1. The molecular formula is C21H27N3O2. The van der Waals surface area contributed by atoms with Crippen LogP contribution in [0, 0.1) is 6.92 Å². The Morgan fingerprint density at radius 1 is 1.46 bits per heavy atom. The topological polar surface area (TPSA) is 49.0 Å². The molecular weight excluding hydrogens is 326 g/mol. The molecule has 0 aromatic carbocycles. The molecule has 0 saturated heterocycles.